The molecule has 0 radical (unpaired) electrons. The van der Waals surface area contributed by atoms with Gasteiger partial charge in [-0.25, -0.2) is 0 Å². The summed E-state index contributed by atoms with van der Waals surface area (Å²) in [6.07, 6.45) is 3.40. The average molecular weight is 234 g/mol. The van der Waals surface area contributed by atoms with Crippen LogP contribution in [0.2, 0.25) is 0 Å². The Labute approximate surface area is 96.7 Å². The van der Waals surface area contributed by atoms with Crippen LogP contribution >= 0.6 is 11.8 Å². The Morgan fingerprint density at radius 3 is 2.81 bits per heavy atom. The minimum absolute atomic E-state index is 0.313. The molecule has 0 aliphatic heterocycles. The van der Waals surface area contributed by atoms with Gasteiger partial charge in [0, 0.05) is 13.1 Å². The molecule has 16 heavy (non-hydrogen) atoms. The molecule has 6 nitrogen and oxygen atoms in total. The maximum absolute atomic E-state index is 8.77. The van der Waals surface area contributed by atoms with Gasteiger partial charge in [-0.05, 0) is 6.26 Å². The van der Waals surface area contributed by atoms with Gasteiger partial charge in [0.2, 0.25) is 0 Å². The van der Waals surface area contributed by atoms with Crippen LogP contribution in [0.4, 0.5) is 5.82 Å². The van der Waals surface area contributed by atoms with Gasteiger partial charge >= 0.3 is 0 Å². The molecule has 0 saturated carbocycles. The number of nitrogen functional groups attached to an aromatic ring is 1. The number of anilines is 1. The standard InChI is InChI=1S/C9H10N6S/c1-14-8(16-2)3-7(13-14)15-9(11)6(4-10)5-12-15/h3,5H,11H2,1-2H3. The molecule has 0 unspecified atom stereocenters. The maximum atomic E-state index is 8.77. The van der Waals surface area contributed by atoms with E-state index in [1.165, 1.54) is 10.9 Å². The molecule has 82 valence electrons. The number of nitrogens with two attached hydrogens (primary N) is 1. The highest BCUT2D eigenvalue weighted by atomic mass is 32.2. The molecule has 0 aliphatic carbocycles. The number of rotatable bonds is 2. The predicted octanol–water partition coefficient (Wildman–Crippen LogP) is 0.782. The van der Waals surface area contributed by atoms with Crippen molar-refractivity contribution in [3.63, 3.8) is 0 Å². The molecule has 0 amide bonds. The van der Waals surface area contributed by atoms with Crippen LogP contribution in [0, 0.1) is 11.3 Å². The van der Waals surface area contributed by atoms with Gasteiger partial charge in [-0.2, -0.15) is 20.1 Å². The molecule has 0 aliphatic rings. The Kier molecular flexibility index (Phi) is 2.58. The van der Waals surface area contributed by atoms with Crippen molar-refractivity contribution in [2.75, 3.05) is 12.0 Å². The van der Waals surface area contributed by atoms with Crippen molar-refractivity contribution in [2.24, 2.45) is 7.05 Å². The fraction of sp³-hybridized carbons (Fsp3) is 0.222. The summed E-state index contributed by atoms with van der Waals surface area (Å²) >= 11 is 1.58. The SMILES string of the molecule is CSc1cc(-n2ncc(C#N)c2N)nn1C. The van der Waals surface area contributed by atoms with Gasteiger partial charge in [0.1, 0.15) is 17.5 Å². The molecule has 2 aromatic rings. The maximum Gasteiger partial charge on any atom is 0.178 e. The molecule has 0 fully saturated rings. The van der Waals surface area contributed by atoms with E-state index in [-0.39, 0.29) is 0 Å². The molecule has 2 aromatic heterocycles. The monoisotopic (exact) mass is 234 g/mol. The Morgan fingerprint density at radius 1 is 1.56 bits per heavy atom. The third kappa shape index (κ3) is 1.53. The van der Waals surface area contributed by atoms with Gasteiger partial charge in [0.15, 0.2) is 5.82 Å². The summed E-state index contributed by atoms with van der Waals surface area (Å²) in [5, 5.41) is 18.1. The smallest absolute Gasteiger partial charge is 0.178 e. The van der Waals surface area contributed by atoms with Crippen LogP contribution in [0.5, 0.6) is 0 Å². The molecule has 0 aromatic carbocycles. The molecular formula is C9H10N6S. The summed E-state index contributed by atoms with van der Waals surface area (Å²) in [7, 11) is 1.85. The highest BCUT2D eigenvalue weighted by Crippen LogP contribution is 2.20. The number of hydrogen-bond acceptors (Lipinski definition) is 5. The average Bonchev–Trinajstić information content (AvgIpc) is 2.81. The summed E-state index contributed by atoms with van der Waals surface area (Å²) in [5.41, 5.74) is 6.13. The van der Waals surface area contributed by atoms with Crippen molar-refractivity contribution in [1.29, 1.82) is 5.26 Å². The van der Waals surface area contributed by atoms with Gasteiger partial charge in [-0.1, -0.05) is 0 Å². The number of nitriles is 1. The van der Waals surface area contributed by atoms with E-state index in [2.05, 4.69) is 10.2 Å². The van der Waals surface area contributed by atoms with E-state index in [1.54, 1.807) is 16.4 Å². The summed E-state index contributed by atoms with van der Waals surface area (Å²) in [6.45, 7) is 0. The summed E-state index contributed by atoms with van der Waals surface area (Å²) < 4.78 is 3.20. The first-order valence-corrected chi connectivity index (χ1v) is 5.72. The van der Waals surface area contributed by atoms with E-state index in [0.29, 0.717) is 17.2 Å². The van der Waals surface area contributed by atoms with Crippen molar-refractivity contribution in [2.45, 2.75) is 5.03 Å². The highest BCUT2D eigenvalue weighted by Gasteiger charge is 2.12. The van der Waals surface area contributed by atoms with E-state index < -0.39 is 0 Å². The zero-order chi connectivity index (χ0) is 11.7. The minimum atomic E-state index is 0.313. The van der Waals surface area contributed by atoms with Crippen molar-refractivity contribution in [3.05, 3.63) is 17.8 Å². The van der Waals surface area contributed by atoms with Crippen LogP contribution in [-0.2, 0) is 7.05 Å². The van der Waals surface area contributed by atoms with Gasteiger partial charge in [0.05, 0.1) is 11.2 Å². The van der Waals surface area contributed by atoms with Crippen LogP contribution < -0.4 is 5.73 Å². The Morgan fingerprint density at radius 2 is 2.31 bits per heavy atom. The molecule has 2 heterocycles. The number of aryl methyl sites for hydroxylation is 1. The summed E-state index contributed by atoms with van der Waals surface area (Å²) in [5.74, 6) is 0.930. The predicted molar refractivity (Wildman–Crippen MR) is 61.2 cm³/mol. The zero-order valence-electron chi connectivity index (χ0n) is 8.88. The van der Waals surface area contributed by atoms with Gasteiger partial charge in [0.25, 0.3) is 0 Å². The Bertz CT molecular complexity index is 561. The summed E-state index contributed by atoms with van der Waals surface area (Å²) in [4.78, 5) is 0. The lowest BCUT2D eigenvalue weighted by molar-refractivity contribution is 0.684. The molecule has 7 heteroatoms. The lowest BCUT2D eigenvalue weighted by Gasteiger charge is -1.97. The second kappa shape index (κ2) is 3.90. The van der Waals surface area contributed by atoms with Crippen LogP contribution in [0.1, 0.15) is 5.56 Å². The molecule has 2 N–H and O–H groups in total. The van der Waals surface area contributed by atoms with Gasteiger partial charge in [-0.15, -0.1) is 11.8 Å². The quantitative estimate of drug-likeness (QED) is 0.776. The number of hydrogen-bond donors (Lipinski definition) is 1. The normalized spacial score (nSPS) is 10.3. The topological polar surface area (TPSA) is 85.4 Å². The molecular weight excluding hydrogens is 224 g/mol. The van der Waals surface area contributed by atoms with Gasteiger partial charge < -0.3 is 5.73 Å². The molecule has 0 atom stereocenters. The second-order valence-electron chi connectivity index (χ2n) is 3.14. The third-order valence-corrected chi connectivity index (χ3v) is 2.98. The lowest BCUT2D eigenvalue weighted by atomic mass is 10.4. The second-order valence-corrected chi connectivity index (χ2v) is 3.96. The molecule has 2 rings (SSSR count). The minimum Gasteiger partial charge on any atom is -0.382 e. The Hall–Kier alpha value is -1.94. The number of aromatic nitrogens is 4. The third-order valence-electron chi connectivity index (χ3n) is 2.18. The zero-order valence-corrected chi connectivity index (χ0v) is 9.69. The summed E-state index contributed by atoms with van der Waals surface area (Å²) in [6, 6.07) is 3.84. The van der Waals surface area contributed by atoms with E-state index in [9.17, 15) is 0 Å². The fourth-order valence-corrected chi connectivity index (χ4v) is 1.89. The molecule has 0 spiro atoms. The first kappa shape index (κ1) is 10.6. The van der Waals surface area contributed by atoms with Crippen LogP contribution in [-0.4, -0.2) is 25.8 Å². The van der Waals surface area contributed by atoms with Crippen molar-refractivity contribution < 1.29 is 0 Å². The first-order valence-electron chi connectivity index (χ1n) is 4.49. The van der Waals surface area contributed by atoms with Crippen molar-refractivity contribution in [3.8, 4) is 11.9 Å². The Balaban J connectivity index is 2.51. The first-order chi connectivity index (χ1) is 7.67. The van der Waals surface area contributed by atoms with Crippen LogP contribution in [0.25, 0.3) is 5.82 Å². The fourth-order valence-electron chi connectivity index (χ4n) is 1.36. The number of thioether (sulfide) groups is 1. The lowest BCUT2D eigenvalue weighted by Crippen LogP contribution is -2.03. The van der Waals surface area contributed by atoms with Crippen LogP contribution in [0.3, 0.4) is 0 Å². The van der Waals surface area contributed by atoms with E-state index in [0.717, 1.165) is 5.03 Å². The highest BCUT2D eigenvalue weighted by molar-refractivity contribution is 7.98. The van der Waals surface area contributed by atoms with Crippen molar-refractivity contribution in [1.82, 2.24) is 19.6 Å². The molecule has 0 bridgehead atoms. The van der Waals surface area contributed by atoms with Crippen LogP contribution in [0.15, 0.2) is 17.3 Å². The van der Waals surface area contributed by atoms with E-state index >= 15 is 0 Å². The van der Waals surface area contributed by atoms with E-state index in [4.69, 9.17) is 11.0 Å². The number of nitrogens with zero attached hydrogens (tertiary/aromatic N) is 5. The van der Waals surface area contributed by atoms with E-state index in [1.807, 2.05) is 25.4 Å². The molecule has 0 saturated heterocycles. The van der Waals surface area contributed by atoms with Gasteiger partial charge in [-0.3, -0.25) is 4.68 Å². The largest absolute Gasteiger partial charge is 0.382 e. The van der Waals surface area contributed by atoms with Crippen molar-refractivity contribution >= 4 is 17.6 Å².